The zero-order chi connectivity index (χ0) is 18.6. The molecule has 140 valence electrons. The van der Waals surface area contributed by atoms with E-state index in [4.69, 9.17) is 14.2 Å². The number of cyclic esters (lactones) is 1. The Labute approximate surface area is 151 Å². The average Bonchev–Trinajstić information content (AvgIpc) is 3.24. The second kappa shape index (κ2) is 5.94. The van der Waals surface area contributed by atoms with Gasteiger partial charge in [-0.25, -0.2) is 9.59 Å². The van der Waals surface area contributed by atoms with E-state index in [0.717, 1.165) is 0 Å². The number of carbonyl (C=O) groups is 3. The van der Waals surface area contributed by atoms with Gasteiger partial charge >= 0.3 is 11.9 Å². The third-order valence-corrected chi connectivity index (χ3v) is 6.10. The first-order chi connectivity index (χ1) is 12.4. The molecule has 0 aliphatic carbocycles. The van der Waals surface area contributed by atoms with Crippen LogP contribution in [0.3, 0.4) is 0 Å². The second-order valence-corrected chi connectivity index (χ2v) is 7.55. The van der Waals surface area contributed by atoms with Crippen LogP contribution in [-0.4, -0.2) is 59.7 Å². The average molecular weight is 361 g/mol. The van der Waals surface area contributed by atoms with Gasteiger partial charge < -0.3 is 19.1 Å². The highest BCUT2D eigenvalue weighted by atomic mass is 16.6. The minimum atomic E-state index is -0.976. The van der Waals surface area contributed by atoms with E-state index < -0.39 is 11.6 Å². The number of hydrogen-bond acceptors (Lipinski definition) is 6. The molecule has 0 aromatic rings. The summed E-state index contributed by atoms with van der Waals surface area (Å²) in [5.74, 6) is -0.780. The lowest BCUT2D eigenvalue weighted by Crippen LogP contribution is -2.58. The van der Waals surface area contributed by atoms with Gasteiger partial charge in [-0.15, -0.1) is 0 Å². The van der Waals surface area contributed by atoms with Crippen molar-refractivity contribution in [3.05, 3.63) is 23.8 Å². The number of carbonyl (C=O) groups excluding carboxylic acids is 3. The van der Waals surface area contributed by atoms with E-state index in [1.54, 1.807) is 18.9 Å². The van der Waals surface area contributed by atoms with E-state index in [2.05, 4.69) is 6.58 Å². The minimum Gasteiger partial charge on any atom is -0.456 e. The summed E-state index contributed by atoms with van der Waals surface area (Å²) in [7, 11) is 1.58. The quantitative estimate of drug-likeness (QED) is 0.544. The normalized spacial score (nSPS) is 39.8. The van der Waals surface area contributed by atoms with Gasteiger partial charge in [0.15, 0.2) is 5.60 Å². The molecule has 1 amide bonds. The molecule has 0 unspecified atom stereocenters. The van der Waals surface area contributed by atoms with Crippen LogP contribution >= 0.6 is 0 Å². The zero-order valence-electron chi connectivity index (χ0n) is 15.0. The summed E-state index contributed by atoms with van der Waals surface area (Å²) in [5.41, 5.74) is -0.00472. The molecule has 0 aromatic carbocycles. The first-order valence-corrected chi connectivity index (χ1v) is 9.03. The lowest BCUT2D eigenvalue weighted by Gasteiger charge is -2.41. The SMILES string of the molecule is C=C1C[C@H]([C@@H]2CC[C@@H]3N2C(=O)CC[C@@H](OC)[C@]32C=C(C)C(=O)O2)OC1=O. The van der Waals surface area contributed by atoms with Gasteiger partial charge in [-0.3, -0.25) is 4.79 Å². The molecule has 0 bridgehead atoms. The smallest absolute Gasteiger partial charge is 0.334 e. The fourth-order valence-corrected chi connectivity index (χ4v) is 4.92. The Kier molecular flexibility index (Phi) is 3.95. The second-order valence-electron chi connectivity index (χ2n) is 7.55. The molecule has 4 rings (SSSR count). The summed E-state index contributed by atoms with van der Waals surface area (Å²) in [5, 5.41) is 0. The predicted molar refractivity (Wildman–Crippen MR) is 89.9 cm³/mol. The molecule has 7 nitrogen and oxygen atoms in total. The van der Waals surface area contributed by atoms with Crippen molar-refractivity contribution in [2.45, 2.75) is 68.9 Å². The number of rotatable bonds is 2. The number of methoxy groups -OCH3 is 1. The van der Waals surface area contributed by atoms with Crippen LogP contribution < -0.4 is 0 Å². The lowest BCUT2D eigenvalue weighted by molar-refractivity contribution is -0.168. The lowest BCUT2D eigenvalue weighted by atomic mass is 9.85. The third kappa shape index (κ3) is 2.33. The van der Waals surface area contributed by atoms with Gasteiger partial charge in [-0.05, 0) is 32.3 Å². The Hall–Kier alpha value is -2.15. The van der Waals surface area contributed by atoms with Crippen molar-refractivity contribution >= 4 is 17.8 Å². The van der Waals surface area contributed by atoms with Gasteiger partial charge in [0.25, 0.3) is 0 Å². The first kappa shape index (κ1) is 17.3. The largest absolute Gasteiger partial charge is 0.456 e. The van der Waals surface area contributed by atoms with Gasteiger partial charge in [0, 0.05) is 31.1 Å². The standard InChI is InChI=1S/C19H23NO6/c1-10-8-13(25-17(10)22)12-4-5-14-19(9-11(2)18(23)26-19)15(24-3)6-7-16(21)20(12)14/h9,12-15H,1,4-8H2,2-3H3/t12-,13+,14-,15+,19-/m0/s1. The van der Waals surface area contributed by atoms with Crippen molar-refractivity contribution < 1.29 is 28.6 Å². The van der Waals surface area contributed by atoms with Crippen LogP contribution in [0, 0.1) is 0 Å². The summed E-state index contributed by atoms with van der Waals surface area (Å²) >= 11 is 0. The van der Waals surface area contributed by atoms with Crippen molar-refractivity contribution in [3.63, 3.8) is 0 Å². The molecule has 4 heterocycles. The maximum absolute atomic E-state index is 12.9. The van der Waals surface area contributed by atoms with Gasteiger partial charge in [-0.2, -0.15) is 0 Å². The van der Waals surface area contributed by atoms with Crippen molar-refractivity contribution in [3.8, 4) is 0 Å². The molecule has 26 heavy (non-hydrogen) atoms. The van der Waals surface area contributed by atoms with Gasteiger partial charge in [0.1, 0.15) is 12.2 Å². The summed E-state index contributed by atoms with van der Waals surface area (Å²) < 4.78 is 16.9. The number of fused-ring (bicyclic) bond motifs is 2. The molecule has 0 aromatic heterocycles. The molecule has 4 aliphatic heterocycles. The fraction of sp³-hybridized carbons (Fsp3) is 0.632. The Balaban J connectivity index is 1.72. The van der Waals surface area contributed by atoms with Crippen LogP contribution in [0.15, 0.2) is 23.8 Å². The fourth-order valence-electron chi connectivity index (χ4n) is 4.92. The monoisotopic (exact) mass is 361 g/mol. The zero-order valence-corrected chi connectivity index (χ0v) is 15.0. The van der Waals surface area contributed by atoms with Crippen molar-refractivity contribution in [2.24, 2.45) is 0 Å². The van der Waals surface area contributed by atoms with E-state index in [1.807, 2.05) is 6.08 Å². The Morgan fingerprint density at radius 3 is 2.58 bits per heavy atom. The van der Waals surface area contributed by atoms with Crippen LogP contribution in [0.2, 0.25) is 0 Å². The molecule has 7 heteroatoms. The summed E-state index contributed by atoms with van der Waals surface area (Å²) in [6.07, 6.45) is 3.60. The molecule has 0 saturated carbocycles. The number of ether oxygens (including phenoxy) is 3. The molecule has 5 atom stereocenters. The van der Waals surface area contributed by atoms with Crippen LogP contribution in [0.1, 0.15) is 39.0 Å². The molecule has 4 aliphatic rings. The third-order valence-electron chi connectivity index (χ3n) is 6.10. The van der Waals surface area contributed by atoms with Crippen LogP contribution in [-0.2, 0) is 28.6 Å². The molecular formula is C19H23NO6. The molecule has 1 spiro atoms. The highest BCUT2D eigenvalue weighted by Crippen LogP contribution is 2.46. The predicted octanol–water partition coefficient (Wildman–Crippen LogP) is 1.27. The number of hydrogen-bond donors (Lipinski definition) is 0. The van der Waals surface area contributed by atoms with Gasteiger partial charge in [-0.1, -0.05) is 6.58 Å². The van der Waals surface area contributed by atoms with Crippen molar-refractivity contribution in [2.75, 3.05) is 7.11 Å². The Morgan fingerprint density at radius 2 is 2.00 bits per heavy atom. The number of nitrogens with zero attached hydrogens (tertiary/aromatic N) is 1. The maximum atomic E-state index is 12.9. The first-order valence-electron chi connectivity index (χ1n) is 9.03. The van der Waals surface area contributed by atoms with Crippen LogP contribution in [0.4, 0.5) is 0 Å². The molecule has 3 saturated heterocycles. The summed E-state index contributed by atoms with van der Waals surface area (Å²) in [6, 6.07) is -0.544. The van der Waals surface area contributed by atoms with E-state index in [-0.39, 0.29) is 36.2 Å². The van der Waals surface area contributed by atoms with Crippen LogP contribution in [0.25, 0.3) is 0 Å². The van der Waals surface area contributed by atoms with Gasteiger partial charge in [0.05, 0.1) is 12.1 Å². The van der Waals surface area contributed by atoms with E-state index >= 15 is 0 Å². The van der Waals surface area contributed by atoms with E-state index in [0.29, 0.717) is 43.3 Å². The minimum absolute atomic E-state index is 0.0148. The molecule has 3 fully saturated rings. The highest BCUT2D eigenvalue weighted by molar-refractivity contribution is 5.92. The molecule has 0 N–H and O–H groups in total. The van der Waals surface area contributed by atoms with Crippen molar-refractivity contribution in [1.29, 1.82) is 0 Å². The van der Waals surface area contributed by atoms with Crippen molar-refractivity contribution in [1.82, 2.24) is 4.90 Å². The molecular weight excluding hydrogens is 338 g/mol. The number of amides is 1. The highest BCUT2D eigenvalue weighted by Gasteiger charge is 2.60. The number of esters is 2. The Morgan fingerprint density at radius 1 is 1.23 bits per heavy atom. The van der Waals surface area contributed by atoms with E-state index in [1.165, 1.54) is 0 Å². The van der Waals surface area contributed by atoms with Crippen LogP contribution in [0.5, 0.6) is 0 Å². The topological polar surface area (TPSA) is 82.1 Å². The maximum Gasteiger partial charge on any atom is 0.334 e. The summed E-state index contributed by atoms with van der Waals surface area (Å²) in [4.78, 5) is 38.7. The van der Waals surface area contributed by atoms with Gasteiger partial charge in [0.2, 0.25) is 5.91 Å². The molecule has 0 radical (unpaired) electrons. The van der Waals surface area contributed by atoms with E-state index in [9.17, 15) is 14.4 Å². The Bertz CT molecular complexity index is 712. The summed E-state index contributed by atoms with van der Waals surface area (Å²) in [6.45, 7) is 5.46.